The van der Waals surface area contributed by atoms with E-state index in [1.807, 2.05) is 0 Å². The van der Waals surface area contributed by atoms with Crippen LogP contribution in [0.1, 0.15) is 40.0 Å². The molecule has 2 aromatic carbocycles. The number of rotatable bonds is 4. The van der Waals surface area contributed by atoms with Crippen LogP contribution in [0.3, 0.4) is 0 Å². The molecule has 7 heteroatoms. The van der Waals surface area contributed by atoms with Crippen molar-refractivity contribution in [3.8, 4) is 40.1 Å². The Bertz CT molecular complexity index is 1300. The number of phenolic OH excluding ortho intramolecular Hbond substituents is 4. The van der Waals surface area contributed by atoms with Gasteiger partial charge in [-0.3, -0.25) is 4.79 Å². The van der Waals surface area contributed by atoms with Crippen molar-refractivity contribution in [2.75, 3.05) is 0 Å². The minimum atomic E-state index is -0.552. The lowest BCUT2D eigenvalue weighted by molar-refractivity contribution is -0.0285. The van der Waals surface area contributed by atoms with Crippen LogP contribution in [0.5, 0.6) is 28.7 Å². The van der Waals surface area contributed by atoms with Crippen LogP contribution in [-0.4, -0.2) is 26.5 Å². The molecule has 2 fully saturated rings. The molecule has 1 aromatic heterocycles. The highest BCUT2D eigenvalue weighted by Gasteiger charge is 2.48. The summed E-state index contributed by atoms with van der Waals surface area (Å²) >= 11 is 0. The van der Waals surface area contributed by atoms with Crippen molar-refractivity contribution in [3.63, 3.8) is 0 Å². The Morgan fingerprint density at radius 2 is 1.62 bits per heavy atom. The summed E-state index contributed by atoms with van der Waals surface area (Å²) in [5.74, 6) is 1.94. The van der Waals surface area contributed by atoms with E-state index in [-0.39, 0.29) is 45.8 Å². The van der Waals surface area contributed by atoms with Gasteiger partial charge in [-0.25, -0.2) is 0 Å². The van der Waals surface area contributed by atoms with Crippen molar-refractivity contribution in [2.45, 2.75) is 46.1 Å². The van der Waals surface area contributed by atoms with E-state index in [1.165, 1.54) is 24.3 Å². The first-order valence-corrected chi connectivity index (χ1v) is 11.9. The van der Waals surface area contributed by atoms with Gasteiger partial charge in [0.25, 0.3) is 0 Å². The first-order chi connectivity index (χ1) is 16.2. The van der Waals surface area contributed by atoms with Crippen molar-refractivity contribution < 1.29 is 29.6 Å². The van der Waals surface area contributed by atoms with E-state index in [9.17, 15) is 25.2 Å². The maximum Gasteiger partial charge on any atom is 0.239 e. The molecule has 0 bridgehead atoms. The normalized spacial score (nSPS) is 28.7. The molecule has 4 unspecified atom stereocenters. The van der Waals surface area contributed by atoms with E-state index in [0.717, 1.165) is 25.3 Å². The smallest absolute Gasteiger partial charge is 0.239 e. The fourth-order valence-electron chi connectivity index (χ4n) is 6.20. The Labute approximate surface area is 197 Å². The Kier molecular flexibility index (Phi) is 5.38. The van der Waals surface area contributed by atoms with E-state index in [0.29, 0.717) is 35.2 Å². The largest absolute Gasteiger partial charge is 0.508 e. The number of aromatic hydroxyl groups is 4. The number of ether oxygens (including phenoxy) is 1. The molecule has 2 saturated carbocycles. The second-order valence-electron chi connectivity index (χ2n) is 10.1. The summed E-state index contributed by atoms with van der Waals surface area (Å²) in [6.45, 7) is 6.93. The predicted molar refractivity (Wildman–Crippen MR) is 127 cm³/mol. The fraction of sp³-hybridized carbons (Fsp3) is 0.444. The average Bonchev–Trinajstić information content (AvgIpc) is 3.24. The first-order valence-electron chi connectivity index (χ1n) is 11.9. The number of phenols is 4. The molecule has 7 nitrogen and oxygen atoms in total. The molecular formula is C27H30O7. The molecule has 0 amide bonds. The van der Waals surface area contributed by atoms with Crippen LogP contribution in [0.4, 0.5) is 0 Å². The molecule has 5 rings (SSSR count). The minimum Gasteiger partial charge on any atom is -0.508 e. The highest BCUT2D eigenvalue weighted by Crippen LogP contribution is 2.53. The van der Waals surface area contributed by atoms with Crippen LogP contribution >= 0.6 is 0 Å². The monoisotopic (exact) mass is 466 g/mol. The van der Waals surface area contributed by atoms with Crippen LogP contribution in [0.2, 0.25) is 0 Å². The summed E-state index contributed by atoms with van der Waals surface area (Å²) in [5, 5.41) is 39.9. The van der Waals surface area contributed by atoms with Crippen molar-refractivity contribution in [1.82, 2.24) is 0 Å². The first kappa shape index (κ1) is 22.4. The summed E-state index contributed by atoms with van der Waals surface area (Å²) < 4.78 is 12.2. The number of benzene rings is 2. The standard InChI is InChI=1S/C27H30O7/c1-12-13(2)23(14(12)3)15-4-6-18(8-15)33-27-25(32)24-21(31)10-17(28)11-22(24)34-26(27)16-5-7-19(29)20(30)9-16/h5,7,9-15,18,23,28-31H,4,6,8H2,1-3H3. The lowest BCUT2D eigenvalue weighted by atomic mass is 9.54. The second-order valence-corrected chi connectivity index (χ2v) is 10.1. The van der Waals surface area contributed by atoms with E-state index in [4.69, 9.17) is 9.15 Å². The van der Waals surface area contributed by atoms with Gasteiger partial charge in [0, 0.05) is 17.7 Å². The molecular weight excluding hydrogens is 436 g/mol. The minimum absolute atomic E-state index is 0.00665. The Morgan fingerprint density at radius 3 is 2.32 bits per heavy atom. The van der Waals surface area contributed by atoms with Gasteiger partial charge in [0.05, 0.1) is 6.10 Å². The van der Waals surface area contributed by atoms with Gasteiger partial charge in [0.1, 0.15) is 22.5 Å². The highest BCUT2D eigenvalue weighted by molar-refractivity contribution is 5.88. The van der Waals surface area contributed by atoms with Crippen LogP contribution in [0, 0.1) is 29.6 Å². The maximum atomic E-state index is 13.5. The third kappa shape index (κ3) is 3.54. The highest BCUT2D eigenvalue weighted by atomic mass is 16.5. The lowest BCUT2D eigenvalue weighted by Crippen LogP contribution is -2.45. The maximum absolute atomic E-state index is 13.5. The van der Waals surface area contributed by atoms with Gasteiger partial charge in [-0.1, -0.05) is 20.8 Å². The molecule has 0 radical (unpaired) electrons. The van der Waals surface area contributed by atoms with E-state index in [1.54, 1.807) is 0 Å². The van der Waals surface area contributed by atoms with Gasteiger partial charge in [-0.15, -0.1) is 0 Å². The summed E-state index contributed by atoms with van der Waals surface area (Å²) in [7, 11) is 0. The van der Waals surface area contributed by atoms with Crippen molar-refractivity contribution in [2.24, 2.45) is 29.6 Å². The van der Waals surface area contributed by atoms with Crippen LogP contribution in [0.15, 0.2) is 39.5 Å². The Balaban J connectivity index is 1.55. The zero-order valence-corrected chi connectivity index (χ0v) is 19.5. The Morgan fingerprint density at radius 1 is 0.882 bits per heavy atom. The van der Waals surface area contributed by atoms with Crippen molar-refractivity contribution >= 4 is 11.0 Å². The van der Waals surface area contributed by atoms with Gasteiger partial charge in [0.15, 0.2) is 17.3 Å². The molecule has 34 heavy (non-hydrogen) atoms. The third-order valence-corrected chi connectivity index (χ3v) is 8.28. The Hall–Kier alpha value is -3.35. The number of fused-ring (bicyclic) bond motifs is 1. The molecule has 0 aliphatic heterocycles. The molecule has 0 spiro atoms. The van der Waals surface area contributed by atoms with E-state index < -0.39 is 11.2 Å². The van der Waals surface area contributed by atoms with Gasteiger partial charge in [-0.2, -0.15) is 0 Å². The molecule has 0 saturated heterocycles. The average molecular weight is 467 g/mol. The zero-order chi connectivity index (χ0) is 24.3. The van der Waals surface area contributed by atoms with Gasteiger partial charge < -0.3 is 29.6 Å². The SMILES string of the molecule is CC1C(C)C(C2CCC(Oc3c(-c4ccc(O)c(O)c4)oc4cc(O)cc(O)c4c3=O)C2)C1C. The van der Waals surface area contributed by atoms with E-state index in [2.05, 4.69) is 20.8 Å². The van der Waals surface area contributed by atoms with Crippen molar-refractivity contribution in [3.05, 3.63) is 40.6 Å². The summed E-state index contributed by atoms with van der Waals surface area (Å²) in [5.41, 5.74) is -0.228. The molecule has 4 N–H and O–H groups in total. The van der Waals surface area contributed by atoms with Crippen molar-refractivity contribution in [1.29, 1.82) is 0 Å². The molecule has 180 valence electrons. The molecule has 1 heterocycles. The van der Waals surface area contributed by atoms with Gasteiger partial charge >= 0.3 is 0 Å². The predicted octanol–water partition coefficient (Wildman–Crippen LogP) is 5.37. The molecule has 2 aliphatic carbocycles. The number of hydrogen-bond acceptors (Lipinski definition) is 7. The van der Waals surface area contributed by atoms with Crippen LogP contribution in [-0.2, 0) is 0 Å². The van der Waals surface area contributed by atoms with Crippen LogP contribution < -0.4 is 10.2 Å². The topological polar surface area (TPSA) is 120 Å². The van der Waals surface area contributed by atoms with Crippen LogP contribution in [0.25, 0.3) is 22.3 Å². The summed E-state index contributed by atoms with van der Waals surface area (Å²) in [4.78, 5) is 13.5. The van der Waals surface area contributed by atoms with E-state index >= 15 is 0 Å². The summed E-state index contributed by atoms with van der Waals surface area (Å²) in [6.07, 6.45) is 2.51. The molecule has 3 aromatic rings. The summed E-state index contributed by atoms with van der Waals surface area (Å²) in [6, 6.07) is 6.42. The zero-order valence-electron chi connectivity index (χ0n) is 19.5. The molecule has 2 aliphatic rings. The lowest BCUT2D eigenvalue weighted by Gasteiger charge is -2.51. The quantitative estimate of drug-likeness (QED) is 0.382. The third-order valence-electron chi connectivity index (χ3n) is 8.28. The second kappa shape index (κ2) is 8.15. The molecule has 4 atom stereocenters. The van der Waals surface area contributed by atoms with Gasteiger partial charge in [0.2, 0.25) is 11.2 Å². The van der Waals surface area contributed by atoms with Gasteiger partial charge in [-0.05, 0) is 67.1 Å². The fourth-order valence-corrected chi connectivity index (χ4v) is 6.20. The number of hydrogen-bond donors (Lipinski definition) is 4.